The standard InChI is InChI=1S/C14H19BrN2O/c1-9(10-4-2-3-5-10)17-14(18)11-6-7-13(16)12(15)8-11/h6-10H,2-5,16H2,1H3,(H,17,18)/t9-/m1/s1. The summed E-state index contributed by atoms with van der Waals surface area (Å²) in [6.45, 7) is 2.10. The predicted molar refractivity (Wildman–Crippen MR) is 77.4 cm³/mol. The van der Waals surface area contributed by atoms with Crippen LogP contribution in [0.3, 0.4) is 0 Å². The number of carbonyl (C=O) groups is 1. The number of nitrogen functional groups attached to an aromatic ring is 1. The molecule has 3 nitrogen and oxygen atoms in total. The van der Waals surface area contributed by atoms with Crippen LogP contribution in [0, 0.1) is 5.92 Å². The van der Waals surface area contributed by atoms with E-state index in [-0.39, 0.29) is 11.9 Å². The van der Waals surface area contributed by atoms with Crippen molar-refractivity contribution in [3.05, 3.63) is 28.2 Å². The van der Waals surface area contributed by atoms with Crippen molar-refractivity contribution in [2.24, 2.45) is 5.92 Å². The number of hydrogen-bond acceptors (Lipinski definition) is 2. The monoisotopic (exact) mass is 310 g/mol. The van der Waals surface area contributed by atoms with E-state index < -0.39 is 0 Å². The van der Waals surface area contributed by atoms with E-state index in [1.165, 1.54) is 25.7 Å². The van der Waals surface area contributed by atoms with Crippen molar-refractivity contribution in [2.75, 3.05) is 5.73 Å². The van der Waals surface area contributed by atoms with E-state index >= 15 is 0 Å². The van der Waals surface area contributed by atoms with Gasteiger partial charge in [0.2, 0.25) is 0 Å². The SMILES string of the molecule is C[C@@H](NC(=O)c1ccc(N)c(Br)c1)C1CCCC1. The number of nitrogens with two attached hydrogens (primary N) is 1. The smallest absolute Gasteiger partial charge is 0.251 e. The molecule has 0 radical (unpaired) electrons. The molecule has 1 aromatic carbocycles. The Hall–Kier alpha value is -1.03. The summed E-state index contributed by atoms with van der Waals surface area (Å²) in [4.78, 5) is 12.1. The molecular weight excluding hydrogens is 292 g/mol. The lowest BCUT2D eigenvalue weighted by Gasteiger charge is -2.20. The minimum atomic E-state index is -0.0184. The van der Waals surface area contributed by atoms with Gasteiger partial charge < -0.3 is 11.1 Å². The maximum Gasteiger partial charge on any atom is 0.251 e. The van der Waals surface area contributed by atoms with Gasteiger partial charge in [-0.15, -0.1) is 0 Å². The Balaban J connectivity index is 2.00. The van der Waals surface area contributed by atoms with Crippen LogP contribution in [0.2, 0.25) is 0 Å². The molecule has 0 unspecified atom stereocenters. The van der Waals surface area contributed by atoms with Crippen LogP contribution < -0.4 is 11.1 Å². The van der Waals surface area contributed by atoms with Gasteiger partial charge in [-0.1, -0.05) is 12.8 Å². The Bertz CT molecular complexity index is 441. The summed E-state index contributed by atoms with van der Waals surface area (Å²) < 4.78 is 0.767. The topological polar surface area (TPSA) is 55.1 Å². The van der Waals surface area contributed by atoms with Gasteiger partial charge in [-0.05, 0) is 59.8 Å². The second-order valence-corrected chi connectivity index (χ2v) is 5.90. The van der Waals surface area contributed by atoms with Crippen molar-refractivity contribution in [3.8, 4) is 0 Å². The van der Waals surface area contributed by atoms with Gasteiger partial charge in [-0.25, -0.2) is 0 Å². The summed E-state index contributed by atoms with van der Waals surface area (Å²) in [5.41, 5.74) is 7.01. The average molecular weight is 311 g/mol. The minimum Gasteiger partial charge on any atom is -0.398 e. The number of rotatable bonds is 3. The van der Waals surface area contributed by atoms with Crippen molar-refractivity contribution in [3.63, 3.8) is 0 Å². The molecule has 0 aliphatic heterocycles. The fourth-order valence-corrected chi connectivity index (χ4v) is 2.91. The van der Waals surface area contributed by atoms with E-state index in [2.05, 4.69) is 28.2 Å². The van der Waals surface area contributed by atoms with E-state index in [1.54, 1.807) is 18.2 Å². The molecule has 4 heteroatoms. The van der Waals surface area contributed by atoms with Gasteiger partial charge in [0, 0.05) is 21.8 Å². The lowest BCUT2D eigenvalue weighted by atomic mass is 9.99. The first-order valence-electron chi connectivity index (χ1n) is 6.44. The molecule has 1 saturated carbocycles. The van der Waals surface area contributed by atoms with Gasteiger partial charge in [0.15, 0.2) is 0 Å². The molecule has 3 N–H and O–H groups in total. The minimum absolute atomic E-state index is 0.0184. The molecule has 0 bridgehead atoms. The molecule has 1 atom stereocenters. The number of amides is 1. The molecule has 1 aliphatic carbocycles. The molecule has 0 heterocycles. The number of hydrogen-bond donors (Lipinski definition) is 2. The van der Waals surface area contributed by atoms with Gasteiger partial charge in [-0.2, -0.15) is 0 Å². The first-order valence-corrected chi connectivity index (χ1v) is 7.23. The summed E-state index contributed by atoms with van der Waals surface area (Å²) in [6, 6.07) is 5.53. The fourth-order valence-electron chi connectivity index (χ4n) is 2.53. The third-order valence-electron chi connectivity index (χ3n) is 3.73. The maximum absolute atomic E-state index is 12.1. The van der Waals surface area contributed by atoms with Crippen LogP contribution in [0.25, 0.3) is 0 Å². The highest BCUT2D eigenvalue weighted by Crippen LogP contribution is 2.28. The Morgan fingerprint density at radius 3 is 2.72 bits per heavy atom. The molecule has 1 amide bonds. The Kier molecular flexibility index (Phi) is 4.27. The van der Waals surface area contributed by atoms with Crippen molar-refractivity contribution >= 4 is 27.5 Å². The molecule has 1 fully saturated rings. The number of benzene rings is 1. The highest BCUT2D eigenvalue weighted by Gasteiger charge is 2.23. The molecule has 2 rings (SSSR count). The van der Waals surface area contributed by atoms with E-state index in [0.29, 0.717) is 17.2 Å². The molecular formula is C14H19BrN2O. The average Bonchev–Trinajstić information content (AvgIpc) is 2.86. The molecule has 1 aliphatic rings. The van der Waals surface area contributed by atoms with Gasteiger partial charge in [0.1, 0.15) is 0 Å². The van der Waals surface area contributed by atoms with E-state index in [0.717, 1.165) is 4.47 Å². The molecule has 18 heavy (non-hydrogen) atoms. The zero-order valence-electron chi connectivity index (χ0n) is 10.6. The first-order chi connectivity index (χ1) is 8.58. The van der Waals surface area contributed by atoms with Crippen molar-refractivity contribution in [1.29, 1.82) is 0 Å². The van der Waals surface area contributed by atoms with Crippen LogP contribution in [0.15, 0.2) is 22.7 Å². The third kappa shape index (κ3) is 3.05. The number of anilines is 1. The normalized spacial score (nSPS) is 17.7. The Morgan fingerprint density at radius 2 is 2.11 bits per heavy atom. The zero-order chi connectivity index (χ0) is 13.1. The van der Waals surface area contributed by atoms with E-state index in [1.807, 2.05) is 0 Å². The second kappa shape index (κ2) is 5.74. The molecule has 0 aromatic heterocycles. The van der Waals surface area contributed by atoms with Crippen LogP contribution >= 0.6 is 15.9 Å². The maximum atomic E-state index is 12.1. The second-order valence-electron chi connectivity index (χ2n) is 5.04. The summed E-state index contributed by atoms with van der Waals surface area (Å²) in [5, 5.41) is 3.08. The van der Waals surface area contributed by atoms with Crippen molar-refractivity contribution in [1.82, 2.24) is 5.32 Å². The fraction of sp³-hybridized carbons (Fsp3) is 0.500. The lowest BCUT2D eigenvalue weighted by molar-refractivity contribution is 0.0927. The van der Waals surface area contributed by atoms with Crippen LogP contribution in [-0.2, 0) is 0 Å². The Morgan fingerprint density at radius 1 is 1.44 bits per heavy atom. The number of nitrogens with one attached hydrogen (secondary N) is 1. The van der Waals surface area contributed by atoms with Gasteiger partial charge in [0.05, 0.1) is 0 Å². The lowest BCUT2D eigenvalue weighted by Crippen LogP contribution is -2.37. The highest BCUT2D eigenvalue weighted by molar-refractivity contribution is 9.10. The predicted octanol–water partition coefficient (Wildman–Crippen LogP) is 3.34. The van der Waals surface area contributed by atoms with Crippen LogP contribution in [-0.4, -0.2) is 11.9 Å². The summed E-state index contributed by atoms with van der Waals surface area (Å²) in [6.07, 6.45) is 5.04. The van der Waals surface area contributed by atoms with Crippen molar-refractivity contribution in [2.45, 2.75) is 38.6 Å². The number of halogens is 1. The number of carbonyl (C=O) groups excluding carboxylic acids is 1. The Labute approximate surface area is 116 Å². The van der Waals surface area contributed by atoms with Crippen LogP contribution in [0.5, 0.6) is 0 Å². The zero-order valence-corrected chi connectivity index (χ0v) is 12.2. The summed E-state index contributed by atoms with van der Waals surface area (Å²) in [7, 11) is 0. The van der Waals surface area contributed by atoms with Gasteiger partial charge in [-0.3, -0.25) is 4.79 Å². The van der Waals surface area contributed by atoms with Crippen LogP contribution in [0.1, 0.15) is 43.0 Å². The van der Waals surface area contributed by atoms with E-state index in [4.69, 9.17) is 5.73 Å². The quantitative estimate of drug-likeness (QED) is 0.841. The first kappa shape index (κ1) is 13.4. The third-order valence-corrected chi connectivity index (χ3v) is 4.42. The van der Waals surface area contributed by atoms with Gasteiger partial charge in [0.25, 0.3) is 5.91 Å². The van der Waals surface area contributed by atoms with E-state index in [9.17, 15) is 4.79 Å². The molecule has 98 valence electrons. The molecule has 1 aromatic rings. The molecule has 0 spiro atoms. The van der Waals surface area contributed by atoms with Crippen molar-refractivity contribution < 1.29 is 4.79 Å². The van der Waals surface area contributed by atoms with Gasteiger partial charge >= 0.3 is 0 Å². The summed E-state index contributed by atoms with van der Waals surface area (Å²) in [5.74, 6) is 0.612. The highest BCUT2D eigenvalue weighted by atomic mass is 79.9. The summed E-state index contributed by atoms with van der Waals surface area (Å²) >= 11 is 3.34. The molecule has 0 saturated heterocycles. The largest absolute Gasteiger partial charge is 0.398 e. The van der Waals surface area contributed by atoms with Crippen LogP contribution in [0.4, 0.5) is 5.69 Å².